The van der Waals surface area contributed by atoms with Gasteiger partial charge >= 0.3 is 0 Å². The van der Waals surface area contributed by atoms with Crippen molar-refractivity contribution in [3.8, 4) is 0 Å². The molecule has 0 spiro atoms. The highest BCUT2D eigenvalue weighted by Crippen LogP contribution is 2.68. The number of benzene rings is 1. The molecule has 1 aromatic heterocycles. The Balaban J connectivity index is 1.32. The molecule has 1 heterocycles. The molecule has 36 heavy (non-hydrogen) atoms. The summed E-state index contributed by atoms with van der Waals surface area (Å²) in [6.07, 6.45) is 16.6. The van der Waals surface area contributed by atoms with Gasteiger partial charge in [-0.15, -0.1) is 0 Å². The highest BCUT2D eigenvalue weighted by molar-refractivity contribution is 5.29. The van der Waals surface area contributed by atoms with Crippen LogP contribution in [-0.4, -0.2) is 21.3 Å². The van der Waals surface area contributed by atoms with Crippen molar-refractivity contribution in [1.82, 2.24) is 4.98 Å². The van der Waals surface area contributed by atoms with Crippen LogP contribution in [0.4, 0.5) is 0 Å². The van der Waals surface area contributed by atoms with E-state index < -0.39 is 5.60 Å². The van der Waals surface area contributed by atoms with Crippen LogP contribution in [0.2, 0.25) is 0 Å². The zero-order valence-corrected chi connectivity index (χ0v) is 22.1. The van der Waals surface area contributed by atoms with Crippen molar-refractivity contribution >= 4 is 0 Å². The number of aliphatic hydroxyl groups is 2. The number of nitrogens with zero attached hydrogens (tertiary/aromatic N) is 1. The molecule has 192 valence electrons. The second kappa shape index (κ2) is 9.10. The Hall–Kier alpha value is -1.97. The molecule has 4 aliphatic rings. The van der Waals surface area contributed by atoms with E-state index in [4.69, 9.17) is 0 Å². The molecule has 3 saturated carbocycles. The fraction of sp³-hybridized carbons (Fsp3) is 0.606. The van der Waals surface area contributed by atoms with Crippen molar-refractivity contribution in [1.29, 1.82) is 0 Å². The van der Waals surface area contributed by atoms with Gasteiger partial charge in [0.2, 0.25) is 0 Å². The van der Waals surface area contributed by atoms with Gasteiger partial charge in [0.15, 0.2) is 0 Å². The molecule has 3 nitrogen and oxygen atoms in total. The molecule has 0 bridgehead atoms. The SMILES string of the molecule is C[C@]12CC[C@H]3[C@@H](CC=C4C[C@@H](O)CC[C@@]43C)[C@@H]1CC[C@@H]2[C@](O)(CCc1cccnc1)c1ccccc1. The molecule has 1 aromatic carbocycles. The number of pyridine rings is 1. The summed E-state index contributed by atoms with van der Waals surface area (Å²) in [4.78, 5) is 4.32. The van der Waals surface area contributed by atoms with Crippen LogP contribution in [-0.2, 0) is 12.0 Å². The summed E-state index contributed by atoms with van der Waals surface area (Å²) < 4.78 is 0. The van der Waals surface area contributed by atoms with Crippen LogP contribution in [0.25, 0.3) is 0 Å². The summed E-state index contributed by atoms with van der Waals surface area (Å²) in [5.74, 6) is 2.36. The van der Waals surface area contributed by atoms with Gasteiger partial charge in [-0.25, -0.2) is 0 Å². The Morgan fingerprint density at radius 1 is 0.972 bits per heavy atom. The second-order valence-electron chi connectivity index (χ2n) is 13.0. The van der Waals surface area contributed by atoms with Gasteiger partial charge in [-0.3, -0.25) is 4.98 Å². The fourth-order valence-electron chi connectivity index (χ4n) is 9.55. The molecule has 3 heteroatoms. The van der Waals surface area contributed by atoms with Gasteiger partial charge in [0.25, 0.3) is 0 Å². The Bertz CT molecular complexity index is 1100. The van der Waals surface area contributed by atoms with E-state index in [1.165, 1.54) is 30.4 Å². The van der Waals surface area contributed by atoms with E-state index in [1.807, 2.05) is 18.5 Å². The lowest BCUT2D eigenvalue weighted by Gasteiger charge is -2.59. The highest BCUT2D eigenvalue weighted by atomic mass is 16.3. The molecule has 4 aliphatic carbocycles. The van der Waals surface area contributed by atoms with E-state index in [1.54, 1.807) is 0 Å². The lowest BCUT2D eigenvalue weighted by Crippen LogP contribution is -2.53. The fourth-order valence-corrected chi connectivity index (χ4v) is 9.55. The largest absolute Gasteiger partial charge is 0.393 e. The lowest BCUT2D eigenvalue weighted by atomic mass is 9.46. The van der Waals surface area contributed by atoms with Crippen molar-refractivity contribution in [2.75, 3.05) is 0 Å². The van der Waals surface area contributed by atoms with Crippen LogP contribution < -0.4 is 0 Å². The molecule has 0 unspecified atom stereocenters. The maximum absolute atomic E-state index is 12.7. The van der Waals surface area contributed by atoms with Crippen molar-refractivity contribution in [2.24, 2.45) is 34.5 Å². The van der Waals surface area contributed by atoms with Gasteiger partial charge in [0.1, 0.15) is 0 Å². The number of allylic oxidation sites excluding steroid dienone is 1. The standard InChI is InChI=1S/C33H43NO2/c1-31-17-15-26(35)21-25(31)10-11-27-28-12-13-30(32(28,2)18-16-29(27)31)33(36,24-8-4-3-5-9-24)19-14-23-7-6-20-34-22-23/h3-10,20,22,26-30,35-36H,11-19,21H2,1-2H3/t26-,27-,28-,29-,30-,31-,32-,33-/m0/s1. The van der Waals surface area contributed by atoms with Crippen molar-refractivity contribution < 1.29 is 10.2 Å². The van der Waals surface area contributed by atoms with Crippen LogP contribution in [0, 0.1) is 34.5 Å². The first-order valence-corrected chi connectivity index (χ1v) is 14.4. The summed E-state index contributed by atoms with van der Waals surface area (Å²) >= 11 is 0. The molecule has 6 rings (SSSR count). The molecule has 2 aromatic rings. The number of aliphatic hydroxyl groups excluding tert-OH is 1. The molecule has 3 fully saturated rings. The molecule has 2 N–H and O–H groups in total. The third kappa shape index (κ3) is 3.80. The summed E-state index contributed by atoms with van der Waals surface area (Å²) in [6, 6.07) is 14.7. The van der Waals surface area contributed by atoms with Gasteiger partial charge in [-0.05, 0) is 116 Å². The molecule has 0 aliphatic heterocycles. The first-order chi connectivity index (χ1) is 17.3. The minimum atomic E-state index is -0.831. The van der Waals surface area contributed by atoms with E-state index in [-0.39, 0.29) is 22.9 Å². The minimum Gasteiger partial charge on any atom is -0.393 e. The summed E-state index contributed by atoms with van der Waals surface area (Å²) in [5, 5.41) is 23.0. The van der Waals surface area contributed by atoms with E-state index in [2.05, 4.69) is 61.3 Å². The zero-order valence-electron chi connectivity index (χ0n) is 22.1. The van der Waals surface area contributed by atoms with E-state index >= 15 is 0 Å². The van der Waals surface area contributed by atoms with Gasteiger partial charge in [-0.2, -0.15) is 0 Å². The number of hydrogen-bond acceptors (Lipinski definition) is 3. The Kier molecular flexibility index (Phi) is 6.16. The van der Waals surface area contributed by atoms with E-state index in [9.17, 15) is 10.2 Å². The summed E-state index contributed by atoms with van der Waals surface area (Å²) in [5.41, 5.74) is 3.41. The Labute approximate surface area is 217 Å². The number of aryl methyl sites for hydroxylation is 1. The average molecular weight is 486 g/mol. The smallest absolute Gasteiger partial charge is 0.0933 e. The van der Waals surface area contributed by atoms with Crippen molar-refractivity contribution in [3.63, 3.8) is 0 Å². The molecule has 0 radical (unpaired) electrons. The Morgan fingerprint density at radius 3 is 2.58 bits per heavy atom. The first-order valence-electron chi connectivity index (χ1n) is 14.4. The molecular formula is C33H43NO2. The number of rotatable bonds is 5. The molecule has 8 atom stereocenters. The van der Waals surface area contributed by atoms with Crippen LogP contribution in [0.5, 0.6) is 0 Å². The predicted molar refractivity (Wildman–Crippen MR) is 144 cm³/mol. The highest BCUT2D eigenvalue weighted by Gasteiger charge is 2.62. The van der Waals surface area contributed by atoms with Crippen LogP contribution >= 0.6 is 0 Å². The van der Waals surface area contributed by atoms with Crippen molar-refractivity contribution in [3.05, 3.63) is 77.6 Å². The maximum Gasteiger partial charge on any atom is 0.0933 e. The van der Waals surface area contributed by atoms with Gasteiger partial charge < -0.3 is 10.2 Å². The van der Waals surface area contributed by atoms with Gasteiger partial charge in [0, 0.05) is 12.4 Å². The van der Waals surface area contributed by atoms with Gasteiger partial charge in [0.05, 0.1) is 11.7 Å². The van der Waals surface area contributed by atoms with Crippen LogP contribution in [0.3, 0.4) is 0 Å². The normalized spacial score (nSPS) is 39.3. The quantitative estimate of drug-likeness (QED) is 0.456. The Morgan fingerprint density at radius 2 is 1.81 bits per heavy atom. The summed E-state index contributed by atoms with van der Waals surface area (Å²) in [7, 11) is 0. The predicted octanol–water partition coefficient (Wildman–Crippen LogP) is 6.84. The van der Waals surface area contributed by atoms with Crippen LogP contribution in [0.1, 0.15) is 82.8 Å². The van der Waals surface area contributed by atoms with E-state index in [0.29, 0.717) is 11.8 Å². The maximum atomic E-state index is 12.7. The summed E-state index contributed by atoms with van der Waals surface area (Å²) in [6.45, 7) is 5.03. The molecule has 0 saturated heterocycles. The van der Waals surface area contributed by atoms with Crippen LogP contribution in [0.15, 0.2) is 66.5 Å². The van der Waals surface area contributed by atoms with E-state index in [0.717, 1.165) is 56.4 Å². The first kappa shape index (κ1) is 24.4. The second-order valence-corrected chi connectivity index (χ2v) is 13.0. The number of aromatic nitrogens is 1. The third-order valence-corrected chi connectivity index (χ3v) is 11.4. The number of fused-ring (bicyclic) bond motifs is 5. The van der Waals surface area contributed by atoms with Gasteiger partial charge in [-0.1, -0.05) is 61.9 Å². The monoisotopic (exact) mass is 485 g/mol. The topological polar surface area (TPSA) is 53.4 Å². The third-order valence-electron chi connectivity index (χ3n) is 11.4. The number of hydrogen-bond donors (Lipinski definition) is 2. The lowest BCUT2D eigenvalue weighted by molar-refractivity contribution is -0.117. The minimum absolute atomic E-state index is 0.147. The average Bonchev–Trinajstić information content (AvgIpc) is 3.27. The molecular weight excluding hydrogens is 442 g/mol. The molecule has 0 amide bonds. The van der Waals surface area contributed by atoms with Crippen molar-refractivity contribution in [2.45, 2.75) is 89.8 Å². The zero-order chi connectivity index (χ0) is 25.0.